The van der Waals surface area contributed by atoms with Gasteiger partial charge in [0.2, 0.25) is 0 Å². The van der Waals surface area contributed by atoms with E-state index >= 15 is 0 Å². The van der Waals surface area contributed by atoms with Crippen molar-refractivity contribution >= 4 is 6.09 Å². The largest absolute Gasteiger partial charge is 0.493 e. The van der Waals surface area contributed by atoms with Crippen LogP contribution < -0.4 is 14.8 Å². The third kappa shape index (κ3) is 6.60. The number of alkyl carbamates (subject to hydrolysis) is 1. The monoisotopic (exact) mass is 484 g/mol. The number of carbonyl (C=O) groups is 1. The summed E-state index contributed by atoms with van der Waals surface area (Å²) >= 11 is 0. The van der Waals surface area contributed by atoms with E-state index in [4.69, 9.17) is 14.2 Å². The van der Waals surface area contributed by atoms with Gasteiger partial charge in [0, 0.05) is 19.0 Å². The normalized spacial score (nSPS) is 28.9. The molecule has 1 aromatic carbocycles. The Balaban J connectivity index is 0.000000264. The van der Waals surface area contributed by atoms with E-state index in [1.165, 1.54) is 25.8 Å². The highest BCUT2D eigenvalue weighted by molar-refractivity contribution is 5.68. The van der Waals surface area contributed by atoms with Gasteiger partial charge in [-0.1, -0.05) is 38.1 Å². The zero-order valence-corrected chi connectivity index (χ0v) is 21.1. The van der Waals surface area contributed by atoms with E-state index in [9.17, 15) is 4.79 Å². The van der Waals surface area contributed by atoms with E-state index in [1.807, 2.05) is 24.3 Å². The van der Waals surface area contributed by atoms with E-state index in [0.717, 1.165) is 61.3 Å². The number of hydrogen-bond acceptors (Lipinski definition) is 5. The second kappa shape index (κ2) is 12.0. The molecule has 4 atom stereocenters. The number of ether oxygens (including phenoxy) is 3. The van der Waals surface area contributed by atoms with Gasteiger partial charge in [-0.15, -0.1) is 0 Å². The highest BCUT2D eigenvalue weighted by Gasteiger charge is 2.40. The first-order valence-electron chi connectivity index (χ1n) is 12.6. The van der Waals surface area contributed by atoms with Gasteiger partial charge >= 0.3 is 6.09 Å². The van der Waals surface area contributed by atoms with Gasteiger partial charge in [-0.25, -0.2) is 4.79 Å². The van der Waals surface area contributed by atoms with Gasteiger partial charge in [0.15, 0.2) is 11.5 Å². The summed E-state index contributed by atoms with van der Waals surface area (Å²) in [5.74, 6) is 3.88. The van der Waals surface area contributed by atoms with E-state index < -0.39 is 0 Å². The van der Waals surface area contributed by atoms with Gasteiger partial charge < -0.3 is 24.4 Å². The molecule has 1 aromatic rings. The lowest BCUT2D eigenvalue weighted by molar-refractivity contribution is 0.143. The molecule has 194 valence electrons. The lowest BCUT2D eigenvalue weighted by Gasteiger charge is -2.36. The molecule has 2 fully saturated rings. The Morgan fingerprint density at radius 1 is 1.14 bits per heavy atom. The standard InChI is InChI=1S/C20H30N2O2.C8H10O2.CH4/c1-14-9-15-5-7-20(11-14,12-15)13-21-19(23)24-17-4-3-16-6-8-22(2)18(16)10-17;1-9-7-5-3-4-6-8(7)10-2;/h4-5,14,16,18H,3,6-13H2,1-2H3,(H,21,23);3-6H,1-2H3;1H4. The summed E-state index contributed by atoms with van der Waals surface area (Å²) < 4.78 is 15.7. The number of para-hydroxylation sites is 2. The molecule has 0 aromatic heterocycles. The molecule has 6 nitrogen and oxygen atoms in total. The molecule has 1 N–H and O–H groups in total. The number of amides is 1. The third-order valence-corrected chi connectivity index (χ3v) is 7.96. The molecule has 1 amide bonds. The van der Waals surface area contributed by atoms with Gasteiger partial charge in [-0.3, -0.25) is 0 Å². The summed E-state index contributed by atoms with van der Waals surface area (Å²) in [7, 11) is 5.43. The highest BCUT2D eigenvalue weighted by Crippen LogP contribution is 2.49. The molecule has 5 rings (SSSR count). The zero-order valence-electron chi connectivity index (χ0n) is 21.1. The van der Waals surface area contributed by atoms with Crippen molar-refractivity contribution in [2.45, 2.75) is 65.3 Å². The van der Waals surface area contributed by atoms with Crippen molar-refractivity contribution in [3.05, 3.63) is 47.7 Å². The number of nitrogens with zero attached hydrogens (tertiary/aromatic N) is 1. The van der Waals surface area contributed by atoms with Gasteiger partial charge in [-0.2, -0.15) is 0 Å². The predicted molar refractivity (Wildman–Crippen MR) is 141 cm³/mol. The summed E-state index contributed by atoms with van der Waals surface area (Å²) in [6.45, 7) is 4.24. The Labute approximate surface area is 211 Å². The van der Waals surface area contributed by atoms with Crippen molar-refractivity contribution in [1.29, 1.82) is 0 Å². The topological polar surface area (TPSA) is 60.0 Å². The third-order valence-electron chi connectivity index (χ3n) is 7.96. The second-order valence-electron chi connectivity index (χ2n) is 10.6. The van der Waals surface area contributed by atoms with Crippen LogP contribution in [0.5, 0.6) is 11.5 Å². The summed E-state index contributed by atoms with van der Waals surface area (Å²) in [5.41, 5.74) is 1.85. The Morgan fingerprint density at radius 3 is 2.54 bits per heavy atom. The van der Waals surface area contributed by atoms with Crippen LogP contribution in [-0.4, -0.2) is 51.4 Å². The lowest BCUT2D eigenvalue weighted by Crippen LogP contribution is -2.39. The SMILES string of the molecule is C.CC1CC2=CCC(CNC(=O)OC3=CCC4CCN(C)C4C3)(C2)C1.COc1ccccc1OC. The molecule has 1 saturated carbocycles. The van der Waals surface area contributed by atoms with Crippen LogP contribution in [0.4, 0.5) is 4.79 Å². The summed E-state index contributed by atoms with van der Waals surface area (Å²) in [6.07, 6.45) is 12.2. The molecule has 3 aliphatic carbocycles. The van der Waals surface area contributed by atoms with Crippen LogP contribution in [0.25, 0.3) is 0 Å². The maximum absolute atomic E-state index is 12.3. The number of likely N-dealkylation sites (tertiary alicyclic amines) is 1. The van der Waals surface area contributed by atoms with Crippen molar-refractivity contribution < 1.29 is 19.0 Å². The van der Waals surface area contributed by atoms with E-state index in [0.29, 0.717) is 6.04 Å². The van der Waals surface area contributed by atoms with Crippen molar-refractivity contribution in [1.82, 2.24) is 10.2 Å². The van der Waals surface area contributed by atoms with Crippen LogP contribution in [-0.2, 0) is 4.74 Å². The smallest absolute Gasteiger partial charge is 0.412 e. The number of benzene rings is 1. The van der Waals surface area contributed by atoms with Crippen LogP contribution >= 0.6 is 0 Å². The minimum atomic E-state index is -0.263. The van der Waals surface area contributed by atoms with Gasteiger partial charge in [-0.05, 0) is 87.6 Å². The van der Waals surface area contributed by atoms with Crippen LogP contribution in [0.3, 0.4) is 0 Å². The molecule has 4 aliphatic rings. The quantitative estimate of drug-likeness (QED) is 0.505. The van der Waals surface area contributed by atoms with E-state index in [2.05, 4.69) is 36.3 Å². The number of allylic oxidation sites excluding steroid dienone is 3. The van der Waals surface area contributed by atoms with Crippen LogP contribution in [0, 0.1) is 17.3 Å². The maximum Gasteiger partial charge on any atom is 0.412 e. The predicted octanol–water partition coefficient (Wildman–Crippen LogP) is 6.19. The molecule has 6 heteroatoms. The fourth-order valence-electron chi connectivity index (χ4n) is 6.31. The first kappa shape index (κ1) is 27.1. The first-order valence-corrected chi connectivity index (χ1v) is 12.6. The second-order valence-corrected chi connectivity index (χ2v) is 10.6. The number of nitrogens with one attached hydrogen (secondary N) is 1. The fourth-order valence-corrected chi connectivity index (χ4v) is 6.31. The van der Waals surface area contributed by atoms with Crippen molar-refractivity contribution in [3.63, 3.8) is 0 Å². The number of carbonyl (C=O) groups excluding carboxylic acids is 1. The average Bonchev–Trinajstić information content (AvgIpc) is 3.37. The molecule has 1 heterocycles. The summed E-state index contributed by atoms with van der Waals surface area (Å²) in [6, 6.07) is 8.08. The number of hydrogen-bond donors (Lipinski definition) is 1. The molecule has 35 heavy (non-hydrogen) atoms. The van der Waals surface area contributed by atoms with Crippen LogP contribution in [0.1, 0.15) is 59.3 Å². The molecule has 2 bridgehead atoms. The van der Waals surface area contributed by atoms with Crippen molar-refractivity contribution in [2.75, 3.05) is 34.4 Å². The van der Waals surface area contributed by atoms with E-state index in [-0.39, 0.29) is 18.9 Å². The Morgan fingerprint density at radius 2 is 1.86 bits per heavy atom. The molecule has 4 unspecified atom stereocenters. The summed E-state index contributed by atoms with van der Waals surface area (Å²) in [5, 5.41) is 3.06. The number of fused-ring (bicyclic) bond motifs is 3. The minimum absolute atomic E-state index is 0. The van der Waals surface area contributed by atoms with Crippen LogP contribution in [0.15, 0.2) is 47.7 Å². The maximum atomic E-state index is 12.3. The molecule has 1 aliphatic heterocycles. The molecular weight excluding hydrogens is 440 g/mol. The number of rotatable bonds is 5. The molecule has 0 radical (unpaired) electrons. The Hall–Kier alpha value is -2.47. The fraction of sp³-hybridized carbons (Fsp3) is 0.621. The lowest BCUT2D eigenvalue weighted by atomic mass is 9.71. The van der Waals surface area contributed by atoms with Gasteiger partial charge in [0.1, 0.15) is 5.76 Å². The van der Waals surface area contributed by atoms with Crippen molar-refractivity contribution in [3.8, 4) is 11.5 Å². The minimum Gasteiger partial charge on any atom is -0.493 e. The number of methoxy groups -OCH3 is 2. The van der Waals surface area contributed by atoms with Gasteiger partial charge in [0.05, 0.1) is 14.2 Å². The average molecular weight is 485 g/mol. The van der Waals surface area contributed by atoms with Crippen molar-refractivity contribution in [2.24, 2.45) is 17.3 Å². The zero-order chi connectivity index (χ0) is 24.1. The van der Waals surface area contributed by atoms with E-state index in [1.54, 1.807) is 19.8 Å². The Bertz CT molecular complexity index is 904. The molecular formula is C29H44N2O4. The molecule has 1 saturated heterocycles. The highest BCUT2D eigenvalue weighted by atomic mass is 16.6. The summed E-state index contributed by atoms with van der Waals surface area (Å²) in [4.78, 5) is 14.7. The first-order chi connectivity index (χ1) is 16.4. The van der Waals surface area contributed by atoms with Crippen LogP contribution in [0.2, 0.25) is 0 Å². The van der Waals surface area contributed by atoms with Gasteiger partial charge in [0.25, 0.3) is 0 Å². The Kier molecular flexibility index (Phi) is 9.28. The molecule has 0 spiro atoms.